The van der Waals surface area contributed by atoms with Crippen LogP contribution in [0.25, 0.3) is 0 Å². The van der Waals surface area contributed by atoms with Crippen LogP contribution in [-0.4, -0.2) is 32.8 Å². The zero-order valence-electron chi connectivity index (χ0n) is 8.93. The van der Waals surface area contributed by atoms with Crippen molar-refractivity contribution in [3.63, 3.8) is 0 Å². The lowest BCUT2D eigenvalue weighted by Gasteiger charge is -2.02. The number of carbonyl (C=O) groups is 1. The first-order valence-corrected chi connectivity index (χ1v) is 4.66. The van der Waals surface area contributed by atoms with E-state index >= 15 is 0 Å². The van der Waals surface area contributed by atoms with Gasteiger partial charge in [-0.05, 0) is 19.1 Å². The highest BCUT2D eigenvalue weighted by Crippen LogP contribution is 1.94. The molecule has 0 aromatic carbocycles. The number of ether oxygens (including phenoxy) is 1. The highest BCUT2D eigenvalue weighted by molar-refractivity contribution is 5.86. The smallest absolute Gasteiger partial charge is 0.333 e. The van der Waals surface area contributed by atoms with Gasteiger partial charge in [-0.15, -0.1) is 10.2 Å². The van der Waals surface area contributed by atoms with Crippen molar-refractivity contribution >= 4 is 5.97 Å². The van der Waals surface area contributed by atoms with Crippen molar-refractivity contribution in [1.82, 2.24) is 20.2 Å². The summed E-state index contributed by atoms with van der Waals surface area (Å²) >= 11 is 0. The van der Waals surface area contributed by atoms with Gasteiger partial charge in [-0.25, -0.2) is 4.79 Å². The van der Waals surface area contributed by atoms with Crippen molar-refractivity contribution in [3.8, 4) is 0 Å². The molecule has 0 aliphatic carbocycles. The summed E-state index contributed by atoms with van der Waals surface area (Å²) in [7, 11) is 0. The summed E-state index contributed by atoms with van der Waals surface area (Å²) in [6, 6.07) is 0. The molecule has 0 N–H and O–H groups in total. The van der Waals surface area contributed by atoms with Gasteiger partial charge in [-0.3, -0.25) is 0 Å². The Morgan fingerprint density at radius 3 is 2.87 bits per heavy atom. The number of hydrogen-bond acceptors (Lipinski definition) is 5. The van der Waals surface area contributed by atoms with E-state index in [4.69, 9.17) is 4.74 Å². The van der Waals surface area contributed by atoms with E-state index in [0.717, 1.165) is 0 Å². The summed E-state index contributed by atoms with van der Waals surface area (Å²) in [5.41, 5.74) is 0.407. The Hall–Kier alpha value is -1.72. The van der Waals surface area contributed by atoms with Crippen LogP contribution in [0.5, 0.6) is 0 Å². The third-order valence-corrected chi connectivity index (χ3v) is 1.64. The number of carbonyl (C=O) groups excluding carboxylic acids is 1. The summed E-state index contributed by atoms with van der Waals surface area (Å²) in [6.45, 7) is 7.79. The predicted molar refractivity (Wildman–Crippen MR) is 52.9 cm³/mol. The van der Waals surface area contributed by atoms with E-state index in [-0.39, 0.29) is 5.97 Å². The van der Waals surface area contributed by atoms with Crippen molar-refractivity contribution in [3.05, 3.63) is 18.0 Å². The number of rotatable bonds is 5. The van der Waals surface area contributed by atoms with Gasteiger partial charge in [-0.2, -0.15) is 4.80 Å². The molecule has 15 heavy (non-hydrogen) atoms. The molecule has 1 heterocycles. The van der Waals surface area contributed by atoms with E-state index in [1.54, 1.807) is 13.8 Å². The molecule has 0 saturated carbocycles. The molecular formula is C9H14N4O2. The Morgan fingerprint density at radius 1 is 1.60 bits per heavy atom. The topological polar surface area (TPSA) is 69.9 Å². The van der Waals surface area contributed by atoms with Crippen LogP contribution in [0.3, 0.4) is 0 Å². The van der Waals surface area contributed by atoms with Gasteiger partial charge in [0.1, 0.15) is 0 Å². The molecule has 0 unspecified atom stereocenters. The number of hydrogen-bond donors (Lipinski definition) is 0. The van der Waals surface area contributed by atoms with Gasteiger partial charge >= 0.3 is 5.97 Å². The van der Waals surface area contributed by atoms with Crippen LogP contribution in [0.2, 0.25) is 0 Å². The van der Waals surface area contributed by atoms with Crippen LogP contribution in [0, 0.1) is 6.92 Å². The van der Waals surface area contributed by atoms with E-state index in [9.17, 15) is 4.79 Å². The van der Waals surface area contributed by atoms with Gasteiger partial charge < -0.3 is 4.74 Å². The minimum Gasteiger partial charge on any atom is -0.462 e. The first-order valence-electron chi connectivity index (χ1n) is 4.66. The molecule has 0 saturated heterocycles. The molecule has 0 fully saturated rings. The Morgan fingerprint density at radius 2 is 2.33 bits per heavy atom. The minimum atomic E-state index is -0.363. The summed E-state index contributed by atoms with van der Waals surface area (Å²) in [4.78, 5) is 12.5. The van der Waals surface area contributed by atoms with Crippen molar-refractivity contribution in [2.45, 2.75) is 26.8 Å². The lowest BCUT2D eigenvalue weighted by Crippen LogP contribution is -2.10. The molecule has 82 valence electrons. The molecule has 1 aromatic heterocycles. The van der Waals surface area contributed by atoms with E-state index in [2.05, 4.69) is 22.0 Å². The number of aryl methyl sites for hydroxylation is 2. The van der Waals surface area contributed by atoms with Gasteiger partial charge in [-0.1, -0.05) is 6.58 Å². The number of aromatic nitrogens is 4. The van der Waals surface area contributed by atoms with Crippen LogP contribution in [0.1, 0.15) is 19.2 Å². The Bertz CT molecular complexity index is 359. The first-order chi connectivity index (χ1) is 7.09. The van der Waals surface area contributed by atoms with Gasteiger partial charge in [0.05, 0.1) is 13.2 Å². The molecule has 0 spiro atoms. The molecule has 0 aliphatic heterocycles. The lowest BCUT2D eigenvalue weighted by atomic mass is 10.4. The second-order valence-corrected chi connectivity index (χ2v) is 3.20. The Kier molecular flexibility index (Phi) is 3.96. The minimum absolute atomic E-state index is 0.340. The zero-order valence-corrected chi connectivity index (χ0v) is 8.93. The van der Waals surface area contributed by atoms with E-state index in [0.29, 0.717) is 31.0 Å². The normalized spacial score (nSPS) is 10.0. The molecule has 0 bridgehead atoms. The maximum atomic E-state index is 11.0. The third kappa shape index (κ3) is 3.88. The van der Waals surface area contributed by atoms with E-state index < -0.39 is 0 Å². The second-order valence-electron chi connectivity index (χ2n) is 3.20. The lowest BCUT2D eigenvalue weighted by molar-refractivity contribution is -0.139. The molecule has 6 heteroatoms. The maximum Gasteiger partial charge on any atom is 0.333 e. The molecule has 6 nitrogen and oxygen atoms in total. The fourth-order valence-corrected chi connectivity index (χ4v) is 0.912. The average Bonchev–Trinajstić information content (AvgIpc) is 2.58. The molecule has 0 radical (unpaired) electrons. The van der Waals surface area contributed by atoms with Crippen LogP contribution >= 0.6 is 0 Å². The molecule has 1 aromatic rings. The standard InChI is InChI=1S/C9H14N4O2/c1-7(2)9(14)15-6-4-5-13-11-8(3)10-12-13/h1,4-6H2,2-3H3. The van der Waals surface area contributed by atoms with Crippen molar-refractivity contribution in [2.24, 2.45) is 0 Å². The van der Waals surface area contributed by atoms with E-state index in [1.807, 2.05) is 0 Å². The number of esters is 1. The molecule has 1 rings (SSSR count). The van der Waals surface area contributed by atoms with Crippen LogP contribution in [-0.2, 0) is 16.1 Å². The highest BCUT2D eigenvalue weighted by atomic mass is 16.5. The van der Waals surface area contributed by atoms with Crippen LogP contribution < -0.4 is 0 Å². The summed E-state index contributed by atoms with van der Waals surface area (Å²) < 4.78 is 4.90. The predicted octanol–water partition coefficient (Wildman–Crippen LogP) is 0.491. The molecule has 0 amide bonds. The largest absolute Gasteiger partial charge is 0.462 e. The maximum absolute atomic E-state index is 11.0. The summed E-state index contributed by atoms with van der Waals surface area (Å²) in [6.07, 6.45) is 0.662. The second kappa shape index (κ2) is 5.23. The fraction of sp³-hybridized carbons (Fsp3) is 0.556. The SMILES string of the molecule is C=C(C)C(=O)OCCCn1nnc(C)n1. The molecular weight excluding hydrogens is 196 g/mol. The van der Waals surface area contributed by atoms with Gasteiger partial charge in [0.15, 0.2) is 5.82 Å². The van der Waals surface area contributed by atoms with Crippen LogP contribution in [0.15, 0.2) is 12.2 Å². The third-order valence-electron chi connectivity index (χ3n) is 1.64. The van der Waals surface area contributed by atoms with E-state index in [1.165, 1.54) is 4.80 Å². The van der Waals surface area contributed by atoms with Crippen LogP contribution in [0.4, 0.5) is 0 Å². The first kappa shape index (κ1) is 11.4. The van der Waals surface area contributed by atoms with Gasteiger partial charge in [0.2, 0.25) is 0 Å². The van der Waals surface area contributed by atoms with Crippen molar-refractivity contribution in [2.75, 3.05) is 6.61 Å². The zero-order chi connectivity index (χ0) is 11.3. The Labute approximate surface area is 87.9 Å². The monoisotopic (exact) mass is 210 g/mol. The summed E-state index contributed by atoms with van der Waals surface area (Å²) in [5, 5.41) is 11.5. The highest BCUT2D eigenvalue weighted by Gasteiger charge is 2.02. The Balaban J connectivity index is 2.17. The number of nitrogens with zero attached hydrogens (tertiary/aromatic N) is 4. The average molecular weight is 210 g/mol. The fourth-order valence-electron chi connectivity index (χ4n) is 0.912. The molecule has 0 atom stereocenters. The molecule has 0 aliphatic rings. The quantitative estimate of drug-likeness (QED) is 0.402. The van der Waals surface area contributed by atoms with Gasteiger partial charge in [0, 0.05) is 12.0 Å². The van der Waals surface area contributed by atoms with Crippen molar-refractivity contribution < 1.29 is 9.53 Å². The van der Waals surface area contributed by atoms with Crippen molar-refractivity contribution in [1.29, 1.82) is 0 Å². The summed E-state index contributed by atoms with van der Waals surface area (Å²) in [5.74, 6) is 0.270. The number of tetrazole rings is 1. The van der Waals surface area contributed by atoms with Gasteiger partial charge in [0.25, 0.3) is 0 Å².